The van der Waals surface area contributed by atoms with Gasteiger partial charge in [0.1, 0.15) is 0 Å². The van der Waals surface area contributed by atoms with Crippen molar-refractivity contribution in [2.24, 2.45) is 11.8 Å². The monoisotopic (exact) mass is 184 g/mol. The van der Waals surface area contributed by atoms with Crippen molar-refractivity contribution in [2.75, 3.05) is 0 Å². The fraction of sp³-hybridized carbons (Fsp3) is 0.909. The minimum absolute atomic E-state index is 0.345. The summed E-state index contributed by atoms with van der Waals surface area (Å²) in [5.41, 5.74) is 0. The Labute approximate surface area is 80.3 Å². The van der Waals surface area contributed by atoms with E-state index in [1.54, 1.807) is 0 Å². The van der Waals surface area contributed by atoms with Gasteiger partial charge in [-0.2, -0.15) is 0 Å². The second kappa shape index (κ2) is 5.25. The van der Waals surface area contributed by atoms with Crippen LogP contribution in [0.5, 0.6) is 0 Å². The van der Waals surface area contributed by atoms with Crippen LogP contribution in [-0.2, 0) is 4.79 Å². The average molecular weight is 184 g/mol. The topological polar surface area (TPSA) is 37.3 Å². The lowest BCUT2D eigenvalue weighted by molar-refractivity contribution is -0.137. The first kappa shape index (κ1) is 10.6. The zero-order valence-electron chi connectivity index (χ0n) is 8.46. The van der Waals surface area contributed by atoms with Crippen LogP contribution in [0.4, 0.5) is 0 Å². The van der Waals surface area contributed by atoms with Crippen molar-refractivity contribution in [1.29, 1.82) is 0 Å². The first-order valence-electron chi connectivity index (χ1n) is 5.42. The lowest BCUT2D eigenvalue weighted by Gasteiger charge is -2.27. The van der Waals surface area contributed by atoms with Crippen LogP contribution in [0.25, 0.3) is 0 Å². The second-order valence-corrected chi connectivity index (χ2v) is 4.31. The van der Waals surface area contributed by atoms with Crippen LogP contribution >= 0.6 is 0 Å². The Morgan fingerprint density at radius 1 is 1.38 bits per heavy atom. The Balaban J connectivity index is 2.20. The van der Waals surface area contributed by atoms with E-state index in [0.717, 1.165) is 12.3 Å². The first-order valence-corrected chi connectivity index (χ1v) is 5.42. The molecule has 76 valence electrons. The smallest absolute Gasteiger partial charge is 0.303 e. The molecule has 0 aliphatic heterocycles. The van der Waals surface area contributed by atoms with E-state index in [0.29, 0.717) is 12.3 Å². The van der Waals surface area contributed by atoms with E-state index < -0.39 is 5.97 Å². The maximum absolute atomic E-state index is 10.4. The molecule has 0 radical (unpaired) electrons. The van der Waals surface area contributed by atoms with Gasteiger partial charge in [0, 0.05) is 6.42 Å². The van der Waals surface area contributed by atoms with Gasteiger partial charge in [0.05, 0.1) is 0 Å². The van der Waals surface area contributed by atoms with Gasteiger partial charge in [-0.15, -0.1) is 0 Å². The van der Waals surface area contributed by atoms with Gasteiger partial charge in [-0.25, -0.2) is 0 Å². The zero-order valence-corrected chi connectivity index (χ0v) is 8.46. The fourth-order valence-corrected chi connectivity index (χ4v) is 2.29. The van der Waals surface area contributed by atoms with Crippen molar-refractivity contribution < 1.29 is 9.90 Å². The molecule has 13 heavy (non-hydrogen) atoms. The summed E-state index contributed by atoms with van der Waals surface area (Å²) in [4.78, 5) is 10.4. The summed E-state index contributed by atoms with van der Waals surface area (Å²) in [5, 5.41) is 8.56. The molecule has 2 heteroatoms. The average Bonchev–Trinajstić information content (AvgIpc) is 2.15. The maximum atomic E-state index is 10.4. The van der Waals surface area contributed by atoms with Gasteiger partial charge in [-0.3, -0.25) is 4.79 Å². The normalized spacial score (nSPS) is 21.3. The lowest BCUT2D eigenvalue weighted by Crippen LogP contribution is -2.16. The zero-order chi connectivity index (χ0) is 9.68. The molecule has 0 saturated heterocycles. The molecule has 1 N–H and O–H groups in total. The summed E-state index contributed by atoms with van der Waals surface area (Å²) in [5.74, 6) is 0.757. The van der Waals surface area contributed by atoms with E-state index in [1.165, 1.54) is 32.1 Å². The molecule has 0 aromatic heterocycles. The molecule has 1 aliphatic rings. The first-order chi connectivity index (χ1) is 6.20. The summed E-state index contributed by atoms with van der Waals surface area (Å²) in [6.45, 7) is 2.21. The van der Waals surface area contributed by atoms with Crippen LogP contribution in [0.1, 0.15) is 51.9 Å². The number of carbonyl (C=O) groups is 1. The summed E-state index contributed by atoms with van der Waals surface area (Å²) < 4.78 is 0. The van der Waals surface area contributed by atoms with Crippen molar-refractivity contribution in [3.05, 3.63) is 0 Å². The Bertz CT molecular complexity index is 159. The molecule has 0 bridgehead atoms. The predicted molar refractivity (Wildman–Crippen MR) is 52.6 cm³/mol. The van der Waals surface area contributed by atoms with E-state index in [2.05, 4.69) is 6.92 Å². The third-order valence-electron chi connectivity index (χ3n) is 3.27. The summed E-state index contributed by atoms with van der Waals surface area (Å²) in [6.07, 6.45) is 7.92. The van der Waals surface area contributed by atoms with E-state index in [9.17, 15) is 4.79 Å². The van der Waals surface area contributed by atoms with E-state index in [-0.39, 0.29) is 0 Å². The molecule has 1 aliphatic carbocycles. The van der Waals surface area contributed by atoms with Crippen LogP contribution in [0.2, 0.25) is 0 Å². The van der Waals surface area contributed by atoms with Crippen molar-refractivity contribution in [1.82, 2.24) is 0 Å². The third kappa shape index (κ3) is 3.79. The molecular formula is C11H20O2. The largest absolute Gasteiger partial charge is 0.481 e. The number of carboxylic acid groups (broad SMARTS) is 1. The van der Waals surface area contributed by atoms with Crippen molar-refractivity contribution in [3.63, 3.8) is 0 Å². The summed E-state index contributed by atoms with van der Waals surface area (Å²) in [6, 6.07) is 0. The molecule has 0 unspecified atom stereocenters. The number of aliphatic carboxylic acids is 1. The highest BCUT2D eigenvalue weighted by atomic mass is 16.4. The van der Waals surface area contributed by atoms with Crippen LogP contribution in [0.3, 0.4) is 0 Å². The van der Waals surface area contributed by atoms with Crippen LogP contribution in [-0.4, -0.2) is 11.1 Å². The second-order valence-electron chi connectivity index (χ2n) is 4.31. The van der Waals surface area contributed by atoms with E-state index in [1.807, 2.05) is 0 Å². The van der Waals surface area contributed by atoms with Gasteiger partial charge in [-0.1, -0.05) is 39.0 Å². The molecule has 0 aromatic carbocycles. The molecular weight excluding hydrogens is 164 g/mol. The van der Waals surface area contributed by atoms with Gasteiger partial charge in [-0.05, 0) is 18.3 Å². The van der Waals surface area contributed by atoms with Gasteiger partial charge in [0.25, 0.3) is 0 Å². The van der Waals surface area contributed by atoms with Gasteiger partial charge in [0.15, 0.2) is 0 Å². The van der Waals surface area contributed by atoms with Crippen molar-refractivity contribution in [3.8, 4) is 0 Å². The van der Waals surface area contributed by atoms with Crippen LogP contribution < -0.4 is 0 Å². The molecule has 1 atom stereocenters. The van der Waals surface area contributed by atoms with Gasteiger partial charge < -0.3 is 5.11 Å². The van der Waals surface area contributed by atoms with Crippen LogP contribution in [0.15, 0.2) is 0 Å². The highest BCUT2D eigenvalue weighted by Crippen LogP contribution is 2.31. The summed E-state index contributed by atoms with van der Waals surface area (Å²) in [7, 11) is 0. The van der Waals surface area contributed by atoms with E-state index >= 15 is 0 Å². The maximum Gasteiger partial charge on any atom is 0.303 e. The lowest BCUT2D eigenvalue weighted by atomic mass is 9.79. The minimum Gasteiger partial charge on any atom is -0.481 e. The molecule has 1 rings (SSSR count). The number of hydrogen-bond acceptors (Lipinski definition) is 1. The number of rotatable bonds is 4. The summed E-state index contributed by atoms with van der Waals surface area (Å²) >= 11 is 0. The Morgan fingerprint density at radius 2 is 2.00 bits per heavy atom. The molecule has 0 aromatic rings. The molecule has 0 spiro atoms. The highest BCUT2D eigenvalue weighted by molar-refractivity contribution is 5.66. The van der Waals surface area contributed by atoms with Gasteiger partial charge in [0.2, 0.25) is 0 Å². The third-order valence-corrected chi connectivity index (χ3v) is 3.27. The standard InChI is InChI=1S/C11H20O2/c1-9(7-8-11(12)13)10-5-3-2-4-6-10/h9-10H,2-8H2,1H3,(H,12,13)/t9-/m0/s1. The Kier molecular flexibility index (Phi) is 4.26. The van der Waals surface area contributed by atoms with Crippen molar-refractivity contribution in [2.45, 2.75) is 51.9 Å². The Hall–Kier alpha value is -0.530. The highest BCUT2D eigenvalue weighted by Gasteiger charge is 2.20. The molecule has 0 amide bonds. The quantitative estimate of drug-likeness (QED) is 0.729. The molecule has 1 fully saturated rings. The molecule has 2 nitrogen and oxygen atoms in total. The molecule has 1 saturated carbocycles. The SMILES string of the molecule is C[C@@H](CCC(=O)O)C1CCCCC1. The van der Waals surface area contributed by atoms with Crippen LogP contribution in [0, 0.1) is 11.8 Å². The molecule has 0 heterocycles. The predicted octanol–water partition coefficient (Wildman–Crippen LogP) is 3.07. The van der Waals surface area contributed by atoms with Crippen molar-refractivity contribution >= 4 is 5.97 Å². The fourth-order valence-electron chi connectivity index (χ4n) is 2.29. The van der Waals surface area contributed by atoms with E-state index in [4.69, 9.17) is 5.11 Å². The minimum atomic E-state index is -0.650. The Morgan fingerprint density at radius 3 is 2.54 bits per heavy atom. The van der Waals surface area contributed by atoms with Gasteiger partial charge >= 0.3 is 5.97 Å². The number of carboxylic acids is 1. The number of hydrogen-bond donors (Lipinski definition) is 1.